The van der Waals surface area contributed by atoms with Crippen molar-refractivity contribution in [3.63, 3.8) is 0 Å². The summed E-state index contributed by atoms with van der Waals surface area (Å²) in [5.41, 5.74) is 0.950. The number of hydrogen-bond acceptors (Lipinski definition) is 7. The van der Waals surface area contributed by atoms with E-state index in [0.717, 1.165) is 18.6 Å². The molecule has 1 rings (SSSR count). The first-order chi connectivity index (χ1) is 15.8. The largest absolute Gasteiger partial charge is 0.445 e. The van der Waals surface area contributed by atoms with Crippen LogP contribution in [0, 0.1) is 0 Å². The molecular formula is C24H41NO7. The van der Waals surface area contributed by atoms with E-state index in [-0.39, 0.29) is 6.61 Å². The molecule has 32 heavy (non-hydrogen) atoms. The molecule has 1 aromatic rings. The van der Waals surface area contributed by atoms with E-state index in [2.05, 4.69) is 12.2 Å². The molecule has 0 bridgehead atoms. The molecule has 0 aliphatic heterocycles. The van der Waals surface area contributed by atoms with E-state index in [9.17, 15) is 4.79 Å². The van der Waals surface area contributed by atoms with Crippen molar-refractivity contribution in [1.29, 1.82) is 0 Å². The summed E-state index contributed by atoms with van der Waals surface area (Å²) in [5, 5.41) is 2.64. The summed E-state index contributed by atoms with van der Waals surface area (Å²) in [4.78, 5) is 11.6. The Labute approximate surface area is 192 Å². The summed E-state index contributed by atoms with van der Waals surface area (Å²) >= 11 is 0. The number of ether oxygens (including phenoxy) is 6. The molecule has 1 amide bonds. The van der Waals surface area contributed by atoms with E-state index in [4.69, 9.17) is 28.4 Å². The van der Waals surface area contributed by atoms with Gasteiger partial charge >= 0.3 is 6.09 Å². The number of nitrogens with one attached hydrogen (secondary N) is 1. The van der Waals surface area contributed by atoms with Gasteiger partial charge < -0.3 is 33.7 Å². The molecule has 8 nitrogen and oxygen atoms in total. The lowest BCUT2D eigenvalue weighted by Crippen LogP contribution is -2.28. The van der Waals surface area contributed by atoms with Gasteiger partial charge in [-0.05, 0) is 12.0 Å². The topological polar surface area (TPSA) is 84.5 Å². The maximum absolute atomic E-state index is 11.6. The predicted octanol–water partition coefficient (Wildman–Crippen LogP) is 3.58. The van der Waals surface area contributed by atoms with Gasteiger partial charge in [0.1, 0.15) is 6.61 Å². The molecule has 184 valence electrons. The molecule has 0 aliphatic rings. The fourth-order valence-corrected chi connectivity index (χ4v) is 2.61. The lowest BCUT2D eigenvalue weighted by molar-refractivity contribution is -0.0110. The van der Waals surface area contributed by atoms with E-state index in [0.29, 0.717) is 66.0 Å². The highest BCUT2D eigenvalue weighted by atomic mass is 16.6. The number of carbonyl (C=O) groups is 1. The fourth-order valence-electron chi connectivity index (χ4n) is 2.61. The smallest absolute Gasteiger partial charge is 0.407 e. The summed E-state index contributed by atoms with van der Waals surface area (Å²) in [7, 11) is 0. The number of alkyl carbamates (subject to hydrolysis) is 1. The van der Waals surface area contributed by atoms with Crippen molar-refractivity contribution in [2.24, 2.45) is 0 Å². The van der Waals surface area contributed by atoms with Crippen molar-refractivity contribution < 1.29 is 33.2 Å². The van der Waals surface area contributed by atoms with Crippen LogP contribution in [0.25, 0.3) is 0 Å². The van der Waals surface area contributed by atoms with Crippen LogP contribution in [0.3, 0.4) is 0 Å². The molecule has 0 heterocycles. The number of benzene rings is 1. The van der Waals surface area contributed by atoms with E-state index in [1.54, 1.807) is 0 Å². The molecule has 1 N–H and O–H groups in total. The van der Waals surface area contributed by atoms with Gasteiger partial charge in [-0.25, -0.2) is 4.79 Å². The van der Waals surface area contributed by atoms with E-state index < -0.39 is 6.09 Å². The number of carbonyl (C=O) groups excluding carboxylic acids is 1. The molecule has 0 spiro atoms. The Morgan fingerprint density at radius 1 is 0.688 bits per heavy atom. The monoisotopic (exact) mass is 455 g/mol. The summed E-state index contributed by atoms with van der Waals surface area (Å²) in [6.07, 6.45) is 4.43. The number of amides is 1. The summed E-state index contributed by atoms with van der Waals surface area (Å²) in [6, 6.07) is 9.54. The summed E-state index contributed by atoms with van der Waals surface area (Å²) in [5.74, 6) is 0. The number of unbranched alkanes of at least 4 members (excludes halogenated alkanes) is 3. The molecule has 0 saturated heterocycles. The maximum Gasteiger partial charge on any atom is 0.407 e. The van der Waals surface area contributed by atoms with Crippen molar-refractivity contribution in [1.82, 2.24) is 5.32 Å². The first-order valence-corrected chi connectivity index (χ1v) is 11.7. The normalized spacial score (nSPS) is 10.9. The molecule has 0 radical (unpaired) electrons. The molecule has 8 heteroatoms. The van der Waals surface area contributed by atoms with Crippen LogP contribution in [0.15, 0.2) is 30.3 Å². The van der Waals surface area contributed by atoms with Gasteiger partial charge in [0.25, 0.3) is 0 Å². The van der Waals surface area contributed by atoms with Crippen LogP contribution in [-0.2, 0) is 35.0 Å². The summed E-state index contributed by atoms with van der Waals surface area (Å²) in [6.45, 7) is 8.38. The minimum atomic E-state index is -0.454. The highest BCUT2D eigenvalue weighted by Gasteiger charge is 2.01. The third-order valence-electron chi connectivity index (χ3n) is 4.36. The zero-order valence-corrected chi connectivity index (χ0v) is 19.6. The van der Waals surface area contributed by atoms with Gasteiger partial charge in [-0.1, -0.05) is 56.5 Å². The van der Waals surface area contributed by atoms with Gasteiger partial charge in [0.2, 0.25) is 0 Å². The standard InChI is InChI=1S/C24H41NO7/c1-2-3-4-8-12-27-14-16-29-18-20-31-21-19-30-17-15-28-13-11-25-24(26)32-22-23-9-6-5-7-10-23/h5-7,9-10H,2-4,8,11-22H2,1H3,(H,25,26). The Morgan fingerprint density at radius 3 is 1.78 bits per heavy atom. The van der Waals surface area contributed by atoms with Crippen LogP contribution >= 0.6 is 0 Å². The molecule has 0 fully saturated rings. The van der Waals surface area contributed by atoms with Crippen molar-refractivity contribution in [3.05, 3.63) is 35.9 Å². The van der Waals surface area contributed by atoms with Gasteiger partial charge in [-0.15, -0.1) is 0 Å². The molecule has 0 atom stereocenters. The molecule has 0 aliphatic carbocycles. The second kappa shape index (κ2) is 22.5. The minimum Gasteiger partial charge on any atom is -0.445 e. The SMILES string of the molecule is CCCCCCOCCOCCOCCOCCOCCNC(=O)OCc1ccccc1. The van der Waals surface area contributed by atoms with Crippen molar-refractivity contribution >= 4 is 6.09 Å². The van der Waals surface area contributed by atoms with Crippen molar-refractivity contribution in [2.45, 2.75) is 39.2 Å². The third kappa shape index (κ3) is 19.0. The Morgan fingerprint density at radius 2 is 1.22 bits per heavy atom. The van der Waals surface area contributed by atoms with Gasteiger partial charge in [0.05, 0.1) is 59.5 Å². The lowest BCUT2D eigenvalue weighted by Gasteiger charge is -2.09. The molecular weight excluding hydrogens is 414 g/mol. The zero-order chi connectivity index (χ0) is 23.0. The van der Waals surface area contributed by atoms with Gasteiger partial charge in [-0.2, -0.15) is 0 Å². The Bertz CT molecular complexity index is 530. The average molecular weight is 456 g/mol. The van der Waals surface area contributed by atoms with E-state index in [1.807, 2.05) is 30.3 Å². The van der Waals surface area contributed by atoms with Crippen LogP contribution in [0.2, 0.25) is 0 Å². The predicted molar refractivity (Wildman–Crippen MR) is 123 cm³/mol. The van der Waals surface area contributed by atoms with E-state index in [1.165, 1.54) is 19.3 Å². The zero-order valence-electron chi connectivity index (χ0n) is 19.6. The first-order valence-electron chi connectivity index (χ1n) is 11.7. The highest BCUT2D eigenvalue weighted by Crippen LogP contribution is 2.00. The van der Waals surface area contributed by atoms with E-state index >= 15 is 0 Å². The van der Waals surface area contributed by atoms with Gasteiger partial charge in [-0.3, -0.25) is 0 Å². The number of hydrogen-bond donors (Lipinski definition) is 1. The quantitative estimate of drug-likeness (QED) is 0.268. The second-order valence-corrected chi connectivity index (χ2v) is 7.11. The van der Waals surface area contributed by atoms with Crippen LogP contribution in [-0.4, -0.2) is 78.7 Å². The Balaban J connectivity index is 1.71. The van der Waals surface area contributed by atoms with Gasteiger partial charge in [0.15, 0.2) is 0 Å². The summed E-state index contributed by atoms with van der Waals surface area (Å²) < 4.78 is 32.3. The molecule has 0 aromatic heterocycles. The van der Waals surface area contributed by atoms with Crippen molar-refractivity contribution in [2.75, 3.05) is 72.6 Å². The first kappa shape index (κ1) is 28.3. The van der Waals surface area contributed by atoms with Crippen LogP contribution in [0.5, 0.6) is 0 Å². The Hall–Kier alpha value is -1.71. The highest BCUT2D eigenvalue weighted by molar-refractivity contribution is 5.67. The fraction of sp³-hybridized carbons (Fsp3) is 0.708. The van der Waals surface area contributed by atoms with Crippen LogP contribution < -0.4 is 5.32 Å². The van der Waals surface area contributed by atoms with Crippen molar-refractivity contribution in [3.8, 4) is 0 Å². The Kier molecular flexibility index (Phi) is 19.9. The average Bonchev–Trinajstić information content (AvgIpc) is 2.82. The minimum absolute atomic E-state index is 0.253. The van der Waals surface area contributed by atoms with Gasteiger partial charge in [0, 0.05) is 13.2 Å². The third-order valence-corrected chi connectivity index (χ3v) is 4.36. The lowest BCUT2D eigenvalue weighted by atomic mass is 10.2. The number of rotatable bonds is 22. The molecule has 1 aromatic carbocycles. The maximum atomic E-state index is 11.6. The molecule has 0 saturated carbocycles. The van der Waals surface area contributed by atoms with Crippen LogP contribution in [0.1, 0.15) is 38.2 Å². The second-order valence-electron chi connectivity index (χ2n) is 7.11. The molecule has 0 unspecified atom stereocenters. The van der Waals surface area contributed by atoms with Crippen LogP contribution in [0.4, 0.5) is 4.79 Å².